The smallest absolute Gasteiger partial charge is 0.244 e. The molecule has 0 amide bonds. The third kappa shape index (κ3) is 4.91. The minimum absolute atomic E-state index is 0.00750. The van der Waals surface area contributed by atoms with Crippen molar-refractivity contribution < 1.29 is 13.2 Å². The number of halogens is 2. The molecule has 0 spiro atoms. The van der Waals surface area contributed by atoms with Crippen LogP contribution in [0.2, 0.25) is 10.0 Å². The number of carbonyl (C=O) groups excluding carboxylic acids is 1. The summed E-state index contributed by atoms with van der Waals surface area (Å²) in [5.74, 6) is -0.340. The van der Waals surface area contributed by atoms with E-state index < -0.39 is 10.0 Å². The van der Waals surface area contributed by atoms with Crippen molar-refractivity contribution in [1.29, 1.82) is 0 Å². The summed E-state index contributed by atoms with van der Waals surface area (Å²) in [5, 5.41) is 0.437. The molecule has 0 bridgehead atoms. The molecule has 0 atom stereocenters. The SMILES string of the molecule is CC(C)N=c1ccccn1C(=O)C1CCN(S(=O)(=O)c2cc(Cl)ccc2Cl)CC1. The number of benzene rings is 1. The average molecular weight is 456 g/mol. The average Bonchev–Trinajstić information content (AvgIpc) is 2.69. The number of carbonyl (C=O) groups is 1. The van der Waals surface area contributed by atoms with Crippen LogP contribution in [-0.2, 0) is 10.0 Å². The lowest BCUT2D eigenvalue weighted by molar-refractivity contribution is 0.0781. The Hall–Kier alpha value is -1.67. The molecule has 1 aliphatic heterocycles. The first-order valence-corrected chi connectivity index (χ1v) is 11.6. The number of aromatic nitrogens is 1. The second-order valence-electron chi connectivity index (χ2n) is 7.24. The standard InChI is InChI=1S/C20H23Cl2N3O3S/c1-14(2)23-19-5-3-4-10-25(19)20(26)15-8-11-24(12-9-15)29(27,28)18-13-16(21)6-7-17(18)22/h3-7,10,13-15H,8-9,11-12H2,1-2H3. The number of nitrogens with zero attached hydrogens (tertiary/aromatic N) is 3. The first kappa shape index (κ1) is 22.0. The molecule has 6 nitrogen and oxygen atoms in total. The quantitative estimate of drug-likeness (QED) is 0.702. The molecule has 0 saturated carbocycles. The molecule has 0 aliphatic carbocycles. The van der Waals surface area contributed by atoms with Gasteiger partial charge in [-0.15, -0.1) is 0 Å². The third-order valence-corrected chi connectivity index (χ3v) is 7.40. The van der Waals surface area contributed by atoms with Crippen LogP contribution in [0.4, 0.5) is 0 Å². The molecule has 2 heterocycles. The normalized spacial score (nSPS) is 17.1. The zero-order valence-corrected chi connectivity index (χ0v) is 18.6. The van der Waals surface area contributed by atoms with Crippen LogP contribution in [0, 0.1) is 5.92 Å². The van der Waals surface area contributed by atoms with E-state index in [1.165, 1.54) is 16.4 Å². The Bertz CT molecular complexity index is 1070. The fourth-order valence-electron chi connectivity index (χ4n) is 3.34. The lowest BCUT2D eigenvalue weighted by atomic mass is 9.97. The van der Waals surface area contributed by atoms with Crippen molar-refractivity contribution in [3.05, 3.63) is 58.1 Å². The molecule has 156 valence electrons. The van der Waals surface area contributed by atoms with Gasteiger partial charge < -0.3 is 0 Å². The van der Waals surface area contributed by atoms with Gasteiger partial charge in [0, 0.05) is 36.3 Å². The largest absolute Gasteiger partial charge is 0.274 e. The van der Waals surface area contributed by atoms with E-state index >= 15 is 0 Å². The second-order valence-corrected chi connectivity index (χ2v) is 9.99. The zero-order chi connectivity index (χ0) is 21.2. The summed E-state index contributed by atoms with van der Waals surface area (Å²) in [6.07, 6.45) is 2.57. The van der Waals surface area contributed by atoms with Gasteiger partial charge in [0.2, 0.25) is 15.9 Å². The first-order chi connectivity index (χ1) is 13.7. The van der Waals surface area contributed by atoms with Crippen molar-refractivity contribution in [2.24, 2.45) is 10.9 Å². The van der Waals surface area contributed by atoms with Crippen molar-refractivity contribution in [2.75, 3.05) is 13.1 Å². The van der Waals surface area contributed by atoms with Gasteiger partial charge in [0.25, 0.3) is 0 Å². The van der Waals surface area contributed by atoms with Crippen molar-refractivity contribution >= 4 is 39.1 Å². The highest BCUT2D eigenvalue weighted by molar-refractivity contribution is 7.89. The fraction of sp³-hybridized carbons (Fsp3) is 0.400. The summed E-state index contributed by atoms with van der Waals surface area (Å²) in [5.41, 5.74) is 0.605. The number of hydrogen-bond acceptors (Lipinski definition) is 4. The lowest BCUT2D eigenvalue weighted by Gasteiger charge is -2.31. The molecule has 2 aromatic rings. The molecule has 0 N–H and O–H groups in total. The van der Waals surface area contributed by atoms with Crippen LogP contribution in [0.25, 0.3) is 0 Å². The summed E-state index contributed by atoms with van der Waals surface area (Å²) in [4.78, 5) is 17.5. The molecule has 1 aliphatic rings. The van der Waals surface area contributed by atoms with Gasteiger partial charge in [0.1, 0.15) is 10.4 Å². The van der Waals surface area contributed by atoms with E-state index in [-0.39, 0.29) is 40.9 Å². The molecule has 1 saturated heterocycles. The van der Waals surface area contributed by atoms with Gasteiger partial charge in [-0.25, -0.2) is 8.42 Å². The van der Waals surface area contributed by atoms with Gasteiger partial charge in [-0.3, -0.25) is 14.4 Å². The van der Waals surface area contributed by atoms with E-state index in [9.17, 15) is 13.2 Å². The van der Waals surface area contributed by atoms with E-state index in [0.717, 1.165) is 0 Å². The van der Waals surface area contributed by atoms with Crippen LogP contribution in [-0.4, -0.2) is 42.3 Å². The van der Waals surface area contributed by atoms with Crippen molar-refractivity contribution in [3.8, 4) is 0 Å². The molecule has 0 radical (unpaired) electrons. The molecule has 29 heavy (non-hydrogen) atoms. The molecule has 3 rings (SSSR count). The maximum Gasteiger partial charge on any atom is 0.244 e. The fourth-order valence-corrected chi connectivity index (χ4v) is 5.55. The van der Waals surface area contributed by atoms with Crippen molar-refractivity contribution in [1.82, 2.24) is 8.87 Å². The summed E-state index contributed by atoms with van der Waals surface area (Å²) >= 11 is 12.0. The number of hydrogen-bond donors (Lipinski definition) is 0. The van der Waals surface area contributed by atoms with Gasteiger partial charge in [0.05, 0.1) is 5.02 Å². The molecule has 0 unspecified atom stereocenters. The van der Waals surface area contributed by atoms with E-state index in [1.807, 2.05) is 19.9 Å². The highest BCUT2D eigenvalue weighted by atomic mass is 35.5. The molecule has 1 fully saturated rings. The molecular formula is C20H23Cl2N3O3S. The van der Waals surface area contributed by atoms with Crippen LogP contribution >= 0.6 is 23.2 Å². The van der Waals surface area contributed by atoms with Crippen LogP contribution in [0.5, 0.6) is 0 Å². The molecular weight excluding hydrogens is 433 g/mol. The van der Waals surface area contributed by atoms with Crippen LogP contribution < -0.4 is 5.49 Å². The predicted octanol–water partition coefficient (Wildman–Crippen LogP) is 3.85. The van der Waals surface area contributed by atoms with Crippen molar-refractivity contribution in [3.63, 3.8) is 0 Å². The Balaban J connectivity index is 1.78. The Morgan fingerprint density at radius 3 is 2.48 bits per heavy atom. The predicted molar refractivity (Wildman–Crippen MR) is 114 cm³/mol. The summed E-state index contributed by atoms with van der Waals surface area (Å²) in [6.45, 7) is 4.38. The Kier molecular flexibility index (Phi) is 6.83. The van der Waals surface area contributed by atoms with E-state index in [0.29, 0.717) is 23.4 Å². The number of sulfonamides is 1. The Morgan fingerprint density at radius 1 is 1.14 bits per heavy atom. The van der Waals surface area contributed by atoms with Gasteiger partial charge >= 0.3 is 0 Å². The topological polar surface area (TPSA) is 71.7 Å². The lowest BCUT2D eigenvalue weighted by Crippen LogP contribution is -2.42. The summed E-state index contributed by atoms with van der Waals surface area (Å²) in [7, 11) is -3.77. The Morgan fingerprint density at radius 2 is 1.83 bits per heavy atom. The maximum absolute atomic E-state index is 13.0. The highest BCUT2D eigenvalue weighted by Gasteiger charge is 2.33. The third-order valence-electron chi connectivity index (χ3n) is 4.78. The molecule has 1 aromatic heterocycles. The zero-order valence-electron chi connectivity index (χ0n) is 16.3. The number of pyridine rings is 1. The van der Waals surface area contributed by atoms with Crippen LogP contribution in [0.15, 0.2) is 52.5 Å². The van der Waals surface area contributed by atoms with Gasteiger partial charge in [-0.2, -0.15) is 4.31 Å². The number of rotatable bonds is 4. The summed E-state index contributed by atoms with van der Waals surface area (Å²) < 4.78 is 28.8. The maximum atomic E-state index is 13.0. The monoisotopic (exact) mass is 455 g/mol. The minimum atomic E-state index is -3.77. The highest BCUT2D eigenvalue weighted by Crippen LogP contribution is 2.30. The number of piperidine rings is 1. The Labute approximate surface area is 180 Å². The summed E-state index contributed by atoms with van der Waals surface area (Å²) in [6, 6.07) is 9.87. The van der Waals surface area contributed by atoms with Gasteiger partial charge in [0.15, 0.2) is 0 Å². The van der Waals surface area contributed by atoms with Crippen LogP contribution in [0.3, 0.4) is 0 Å². The minimum Gasteiger partial charge on any atom is -0.274 e. The van der Waals surface area contributed by atoms with Crippen LogP contribution in [0.1, 0.15) is 31.5 Å². The second kappa shape index (κ2) is 9.00. The molecule has 9 heteroatoms. The van der Waals surface area contributed by atoms with Gasteiger partial charge in [-0.1, -0.05) is 29.3 Å². The molecule has 1 aromatic carbocycles. The van der Waals surface area contributed by atoms with E-state index in [4.69, 9.17) is 23.2 Å². The van der Waals surface area contributed by atoms with Gasteiger partial charge in [-0.05, 0) is 57.0 Å². The van der Waals surface area contributed by atoms with Crippen molar-refractivity contribution in [2.45, 2.75) is 37.6 Å². The van der Waals surface area contributed by atoms with E-state index in [2.05, 4.69) is 4.99 Å². The van der Waals surface area contributed by atoms with E-state index in [1.54, 1.807) is 29.0 Å². The first-order valence-electron chi connectivity index (χ1n) is 9.41.